The maximum Gasteiger partial charge on any atom is 0.244 e. The molecule has 0 atom stereocenters. The Kier molecular flexibility index (Phi) is 5.46. The number of amides is 2. The van der Waals surface area contributed by atoms with Crippen molar-refractivity contribution in [1.82, 2.24) is 15.5 Å². The van der Waals surface area contributed by atoms with E-state index in [-0.39, 0.29) is 30.7 Å². The summed E-state index contributed by atoms with van der Waals surface area (Å²) in [5.74, 6) is -0.431. The first kappa shape index (κ1) is 16.7. The molecule has 2 rings (SSSR count). The van der Waals surface area contributed by atoms with E-state index in [0.717, 1.165) is 5.69 Å². The van der Waals surface area contributed by atoms with E-state index in [4.69, 9.17) is 0 Å². The average molecular weight is 318 g/mol. The Morgan fingerprint density at radius 1 is 1.26 bits per heavy atom. The first-order chi connectivity index (χ1) is 10.9. The minimum Gasteiger partial charge on any atom is -0.347 e. The zero-order chi connectivity index (χ0) is 16.8. The third-order valence-corrected chi connectivity index (χ3v) is 3.19. The van der Waals surface area contributed by atoms with Gasteiger partial charge in [-0.2, -0.15) is 5.10 Å². The SMILES string of the molecule is CC(C)c1cc(NC(=O)CNC(=O)Cc2cccc(F)c2)n[nH]1. The molecule has 0 radical (unpaired) electrons. The summed E-state index contributed by atoms with van der Waals surface area (Å²) in [6, 6.07) is 7.53. The fourth-order valence-electron chi connectivity index (χ4n) is 1.96. The van der Waals surface area contributed by atoms with Gasteiger partial charge in [0.15, 0.2) is 5.82 Å². The minimum absolute atomic E-state index is 0.0188. The van der Waals surface area contributed by atoms with Crippen molar-refractivity contribution < 1.29 is 14.0 Å². The molecule has 0 spiro atoms. The van der Waals surface area contributed by atoms with E-state index in [1.54, 1.807) is 12.1 Å². The van der Waals surface area contributed by atoms with Gasteiger partial charge in [-0.1, -0.05) is 26.0 Å². The van der Waals surface area contributed by atoms with E-state index in [2.05, 4.69) is 20.8 Å². The fraction of sp³-hybridized carbons (Fsp3) is 0.312. The molecule has 1 aromatic carbocycles. The predicted molar refractivity (Wildman–Crippen MR) is 84.4 cm³/mol. The van der Waals surface area contributed by atoms with Crippen LogP contribution in [-0.4, -0.2) is 28.6 Å². The first-order valence-electron chi connectivity index (χ1n) is 7.30. The average Bonchev–Trinajstić information content (AvgIpc) is 2.94. The van der Waals surface area contributed by atoms with Crippen LogP contribution in [0.2, 0.25) is 0 Å². The summed E-state index contributed by atoms with van der Waals surface area (Å²) in [5.41, 5.74) is 1.47. The summed E-state index contributed by atoms with van der Waals surface area (Å²) in [6.07, 6.45) is 0.0188. The number of aromatic nitrogens is 2. The molecule has 0 aliphatic heterocycles. The third-order valence-electron chi connectivity index (χ3n) is 3.19. The van der Waals surface area contributed by atoms with E-state index >= 15 is 0 Å². The normalized spacial score (nSPS) is 10.6. The van der Waals surface area contributed by atoms with Crippen LogP contribution in [0.15, 0.2) is 30.3 Å². The molecule has 7 heteroatoms. The van der Waals surface area contributed by atoms with Crippen LogP contribution in [0.1, 0.15) is 31.0 Å². The second kappa shape index (κ2) is 7.53. The van der Waals surface area contributed by atoms with Gasteiger partial charge in [0, 0.05) is 11.8 Å². The number of rotatable bonds is 6. The van der Waals surface area contributed by atoms with Crippen LogP contribution in [0.4, 0.5) is 10.2 Å². The molecule has 0 unspecified atom stereocenters. The lowest BCUT2D eigenvalue weighted by molar-refractivity contribution is -0.123. The van der Waals surface area contributed by atoms with Crippen LogP contribution in [0.3, 0.4) is 0 Å². The summed E-state index contributed by atoms with van der Waals surface area (Å²) in [7, 11) is 0. The zero-order valence-corrected chi connectivity index (χ0v) is 13.0. The van der Waals surface area contributed by atoms with Crippen molar-refractivity contribution in [2.45, 2.75) is 26.2 Å². The molecule has 0 bridgehead atoms. The van der Waals surface area contributed by atoms with Crippen LogP contribution in [0.5, 0.6) is 0 Å². The van der Waals surface area contributed by atoms with Crippen molar-refractivity contribution in [3.05, 3.63) is 47.4 Å². The number of hydrogen-bond donors (Lipinski definition) is 3. The quantitative estimate of drug-likeness (QED) is 0.761. The molecule has 0 saturated heterocycles. The van der Waals surface area contributed by atoms with E-state index in [1.807, 2.05) is 13.8 Å². The van der Waals surface area contributed by atoms with Gasteiger partial charge < -0.3 is 10.6 Å². The highest BCUT2D eigenvalue weighted by Gasteiger charge is 2.10. The van der Waals surface area contributed by atoms with Crippen molar-refractivity contribution in [2.24, 2.45) is 0 Å². The Morgan fingerprint density at radius 2 is 2.04 bits per heavy atom. The van der Waals surface area contributed by atoms with Gasteiger partial charge in [0.25, 0.3) is 0 Å². The second-order valence-corrected chi connectivity index (χ2v) is 5.49. The Morgan fingerprint density at radius 3 is 2.70 bits per heavy atom. The third kappa shape index (κ3) is 5.21. The van der Waals surface area contributed by atoms with Crippen molar-refractivity contribution in [1.29, 1.82) is 0 Å². The molecule has 0 fully saturated rings. The van der Waals surface area contributed by atoms with Crippen LogP contribution < -0.4 is 10.6 Å². The van der Waals surface area contributed by atoms with Crippen LogP contribution in [0.25, 0.3) is 0 Å². The second-order valence-electron chi connectivity index (χ2n) is 5.49. The molecule has 3 N–H and O–H groups in total. The van der Waals surface area contributed by atoms with Crippen LogP contribution >= 0.6 is 0 Å². The number of halogens is 1. The van der Waals surface area contributed by atoms with Gasteiger partial charge in [-0.3, -0.25) is 14.7 Å². The predicted octanol–water partition coefficient (Wildman–Crippen LogP) is 1.97. The highest BCUT2D eigenvalue weighted by molar-refractivity contribution is 5.94. The molecule has 2 amide bonds. The number of carbonyl (C=O) groups is 2. The smallest absolute Gasteiger partial charge is 0.244 e. The monoisotopic (exact) mass is 318 g/mol. The van der Waals surface area contributed by atoms with Gasteiger partial charge in [-0.05, 0) is 23.6 Å². The Balaban J connectivity index is 1.78. The highest BCUT2D eigenvalue weighted by atomic mass is 19.1. The van der Waals surface area contributed by atoms with Gasteiger partial charge >= 0.3 is 0 Å². The van der Waals surface area contributed by atoms with Crippen molar-refractivity contribution >= 4 is 17.6 Å². The lowest BCUT2D eigenvalue weighted by Gasteiger charge is -2.05. The molecule has 0 saturated carbocycles. The lowest BCUT2D eigenvalue weighted by atomic mass is 10.1. The number of nitrogens with one attached hydrogen (secondary N) is 3. The van der Waals surface area contributed by atoms with Crippen molar-refractivity contribution in [3.8, 4) is 0 Å². The molecular weight excluding hydrogens is 299 g/mol. The number of H-pyrrole nitrogens is 1. The van der Waals surface area contributed by atoms with Crippen molar-refractivity contribution in [2.75, 3.05) is 11.9 Å². The van der Waals surface area contributed by atoms with Crippen LogP contribution in [-0.2, 0) is 16.0 Å². The number of hydrogen-bond acceptors (Lipinski definition) is 3. The Hall–Kier alpha value is -2.70. The molecule has 122 valence electrons. The summed E-state index contributed by atoms with van der Waals surface area (Å²) in [4.78, 5) is 23.5. The molecular formula is C16H19FN4O2. The van der Waals surface area contributed by atoms with E-state index in [0.29, 0.717) is 11.4 Å². The lowest BCUT2D eigenvalue weighted by Crippen LogP contribution is -2.33. The number of aromatic amines is 1. The molecule has 6 nitrogen and oxygen atoms in total. The summed E-state index contributed by atoms with van der Waals surface area (Å²) in [5, 5.41) is 11.9. The van der Waals surface area contributed by atoms with Gasteiger partial charge in [0.05, 0.1) is 13.0 Å². The van der Waals surface area contributed by atoms with Crippen molar-refractivity contribution in [3.63, 3.8) is 0 Å². The van der Waals surface area contributed by atoms with Crippen LogP contribution in [0, 0.1) is 5.82 Å². The maximum atomic E-state index is 13.0. The molecule has 1 aromatic heterocycles. The maximum absolute atomic E-state index is 13.0. The molecule has 23 heavy (non-hydrogen) atoms. The Labute approximate surface area is 133 Å². The number of anilines is 1. The van der Waals surface area contributed by atoms with Gasteiger partial charge in [0.2, 0.25) is 11.8 Å². The highest BCUT2D eigenvalue weighted by Crippen LogP contribution is 2.14. The summed E-state index contributed by atoms with van der Waals surface area (Å²) >= 11 is 0. The molecule has 0 aliphatic rings. The summed E-state index contributed by atoms with van der Waals surface area (Å²) < 4.78 is 13.0. The first-order valence-corrected chi connectivity index (χ1v) is 7.30. The number of benzene rings is 1. The van der Waals surface area contributed by atoms with E-state index in [1.165, 1.54) is 18.2 Å². The summed E-state index contributed by atoms with van der Waals surface area (Å²) in [6.45, 7) is 3.84. The van der Waals surface area contributed by atoms with E-state index in [9.17, 15) is 14.0 Å². The van der Waals surface area contributed by atoms with Gasteiger partial charge in [-0.15, -0.1) is 0 Å². The minimum atomic E-state index is -0.396. The molecule has 1 heterocycles. The van der Waals surface area contributed by atoms with Gasteiger partial charge in [-0.25, -0.2) is 4.39 Å². The molecule has 0 aliphatic carbocycles. The van der Waals surface area contributed by atoms with Gasteiger partial charge in [0.1, 0.15) is 5.82 Å². The number of nitrogens with zero attached hydrogens (tertiary/aromatic N) is 1. The number of carbonyl (C=O) groups excluding carboxylic acids is 2. The zero-order valence-electron chi connectivity index (χ0n) is 13.0. The Bertz CT molecular complexity index is 697. The fourth-order valence-corrected chi connectivity index (χ4v) is 1.96. The molecule has 2 aromatic rings. The topological polar surface area (TPSA) is 86.9 Å². The largest absolute Gasteiger partial charge is 0.347 e. The van der Waals surface area contributed by atoms with E-state index < -0.39 is 5.82 Å². The standard InChI is InChI=1S/C16H19FN4O2/c1-10(2)13-8-14(21-20-13)19-16(23)9-18-15(22)7-11-4-3-5-12(17)6-11/h3-6,8,10H,7,9H2,1-2H3,(H,18,22)(H2,19,20,21,23).